The van der Waals surface area contributed by atoms with Gasteiger partial charge in [-0.15, -0.1) is 0 Å². The predicted molar refractivity (Wildman–Crippen MR) is 186 cm³/mol. The van der Waals surface area contributed by atoms with Crippen molar-refractivity contribution >= 4 is 43.5 Å². The van der Waals surface area contributed by atoms with E-state index in [1.165, 1.54) is 12.1 Å². The molecule has 7 nitrogen and oxygen atoms in total. The fraction of sp³-hybridized carbons (Fsp3) is 0.297. The highest BCUT2D eigenvalue weighted by molar-refractivity contribution is 9.10. The van der Waals surface area contributed by atoms with Gasteiger partial charge in [0, 0.05) is 23.5 Å². The number of nitrogens with one attached hydrogen (secondary N) is 1. The molecule has 1 N–H and O–H groups in total. The average molecular weight is 703 g/mol. The Morgan fingerprint density at radius 2 is 1.46 bits per heavy atom. The van der Waals surface area contributed by atoms with Gasteiger partial charge in [0.15, 0.2) is 0 Å². The first kappa shape index (κ1) is 33.4. The Morgan fingerprint density at radius 1 is 0.826 bits per heavy atom. The SMILES string of the molecule is CCc1ccc(N(CC(=O)N(Cc2cccc(Br)c2)[C@@H](Cc2ccccc2)C(=O)NC2CCCC2)S(=O)(=O)c2ccccc2)cc1. The standard InChI is InChI=1S/C37H40BrN3O4S/c1-2-28-20-22-33(23-21-28)41(46(44,45)34-18-7-4-8-19-34)27-36(42)40(26-30-14-11-15-31(38)24-30)35(25-29-12-5-3-6-13-29)37(43)39-32-16-9-10-17-32/h3-8,11-15,18-24,32,35H,2,9-10,16-17,25-27H2,1H3,(H,39,43)/t35-/m0/s1. The molecule has 0 aliphatic heterocycles. The van der Waals surface area contributed by atoms with Crippen LogP contribution in [0.5, 0.6) is 0 Å². The van der Waals surface area contributed by atoms with Crippen LogP contribution in [0.3, 0.4) is 0 Å². The average Bonchev–Trinajstić information content (AvgIpc) is 3.59. The summed E-state index contributed by atoms with van der Waals surface area (Å²) in [4.78, 5) is 30.4. The lowest BCUT2D eigenvalue weighted by Crippen LogP contribution is -2.54. The van der Waals surface area contributed by atoms with Gasteiger partial charge in [-0.25, -0.2) is 8.42 Å². The molecular weight excluding hydrogens is 662 g/mol. The van der Waals surface area contributed by atoms with Gasteiger partial charge in [0.05, 0.1) is 10.6 Å². The van der Waals surface area contributed by atoms with E-state index >= 15 is 0 Å². The Kier molecular flexibility index (Phi) is 11.3. The van der Waals surface area contributed by atoms with Crippen molar-refractivity contribution in [1.82, 2.24) is 10.2 Å². The normalized spacial score (nSPS) is 14.0. The molecule has 1 atom stereocenters. The molecule has 0 aromatic heterocycles. The molecule has 4 aromatic carbocycles. The second-order valence-corrected chi connectivity index (χ2v) is 14.5. The number of benzene rings is 4. The van der Waals surface area contributed by atoms with E-state index in [-0.39, 0.29) is 29.8 Å². The molecule has 2 amide bonds. The third kappa shape index (κ3) is 8.44. The van der Waals surface area contributed by atoms with Crippen LogP contribution >= 0.6 is 15.9 Å². The zero-order valence-electron chi connectivity index (χ0n) is 26.0. The summed E-state index contributed by atoms with van der Waals surface area (Å²) in [5.41, 5.74) is 3.16. The lowest BCUT2D eigenvalue weighted by molar-refractivity contribution is -0.140. The third-order valence-electron chi connectivity index (χ3n) is 8.46. The number of aryl methyl sites for hydroxylation is 1. The monoisotopic (exact) mass is 701 g/mol. The van der Waals surface area contributed by atoms with Crippen LogP contribution in [0.2, 0.25) is 0 Å². The number of sulfonamides is 1. The number of rotatable bonds is 13. The minimum atomic E-state index is -4.13. The first-order chi connectivity index (χ1) is 22.2. The highest BCUT2D eigenvalue weighted by atomic mass is 79.9. The number of anilines is 1. The van der Waals surface area contributed by atoms with Crippen LogP contribution in [0.25, 0.3) is 0 Å². The summed E-state index contributed by atoms with van der Waals surface area (Å²) in [5.74, 6) is -0.703. The van der Waals surface area contributed by atoms with Crippen LogP contribution < -0.4 is 9.62 Å². The lowest BCUT2D eigenvalue weighted by atomic mass is 10.0. The molecule has 0 spiro atoms. The number of carbonyl (C=O) groups excluding carboxylic acids is 2. The highest BCUT2D eigenvalue weighted by Crippen LogP contribution is 2.26. The number of nitrogens with zero attached hydrogens (tertiary/aromatic N) is 2. The molecular formula is C37H40BrN3O4S. The van der Waals surface area contributed by atoms with Crippen molar-refractivity contribution < 1.29 is 18.0 Å². The number of hydrogen-bond donors (Lipinski definition) is 1. The highest BCUT2D eigenvalue weighted by Gasteiger charge is 2.35. The molecule has 0 bridgehead atoms. The van der Waals surface area contributed by atoms with Crippen LogP contribution in [0.15, 0.2) is 119 Å². The predicted octanol–water partition coefficient (Wildman–Crippen LogP) is 6.91. The van der Waals surface area contributed by atoms with Crippen LogP contribution in [-0.2, 0) is 39.0 Å². The van der Waals surface area contributed by atoms with Crippen molar-refractivity contribution in [1.29, 1.82) is 0 Å². The minimum Gasteiger partial charge on any atom is -0.352 e. The summed E-state index contributed by atoms with van der Waals surface area (Å²) < 4.78 is 30.3. The summed E-state index contributed by atoms with van der Waals surface area (Å²) in [5, 5.41) is 3.21. The maximum absolute atomic E-state index is 14.6. The van der Waals surface area contributed by atoms with Crippen LogP contribution in [-0.4, -0.2) is 43.8 Å². The lowest BCUT2D eigenvalue weighted by Gasteiger charge is -2.34. The Labute approximate surface area is 280 Å². The number of amides is 2. The van der Waals surface area contributed by atoms with E-state index in [1.807, 2.05) is 73.7 Å². The minimum absolute atomic E-state index is 0.0561. The Hall–Kier alpha value is -3.95. The zero-order valence-corrected chi connectivity index (χ0v) is 28.4. The maximum Gasteiger partial charge on any atom is 0.264 e. The molecule has 0 radical (unpaired) electrons. The summed E-state index contributed by atoms with van der Waals surface area (Å²) >= 11 is 3.53. The zero-order chi connectivity index (χ0) is 32.5. The van der Waals surface area contributed by atoms with Gasteiger partial charge in [-0.1, -0.05) is 108 Å². The van der Waals surface area contributed by atoms with E-state index in [1.54, 1.807) is 35.2 Å². The van der Waals surface area contributed by atoms with Crippen molar-refractivity contribution in [2.24, 2.45) is 0 Å². The van der Waals surface area contributed by atoms with Gasteiger partial charge in [-0.05, 0) is 72.4 Å². The molecule has 0 unspecified atom stereocenters. The van der Waals surface area contributed by atoms with E-state index in [0.29, 0.717) is 5.69 Å². The molecule has 0 saturated heterocycles. The second-order valence-electron chi connectivity index (χ2n) is 11.7. The van der Waals surface area contributed by atoms with E-state index in [0.717, 1.165) is 57.6 Å². The van der Waals surface area contributed by atoms with Gasteiger partial charge in [-0.3, -0.25) is 13.9 Å². The molecule has 1 aliphatic carbocycles. The van der Waals surface area contributed by atoms with E-state index < -0.39 is 28.5 Å². The molecule has 240 valence electrons. The fourth-order valence-corrected chi connectivity index (χ4v) is 7.78. The molecule has 4 aromatic rings. The van der Waals surface area contributed by atoms with Crippen molar-refractivity contribution in [3.8, 4) is 0 Å². The second kappa shape index (κ2) is 15.6. The number of carbonyl (C=O) groups is 2. The van der Waals surface area contributed by atoms with Gasteiger partial charge in [-0.2, -0.15) is 0 Å². The molecule has 1 saturated carbocycles. The summed E-state index contributed by atoms with van der Waals surface area (Å²) in [7, 11) is -4.13. The number of halogens is 1. The van der Waals surface area contributed by atoms with Gasteiger partial charge in [0.2, 0.25) is 11.8 Å². The summed E-state index contributed by atoms with van der Waals surface area (Å²) in [6.07, 6.45) is 4.99. The Bertz CT molecular complexity index is 1710. The van der Waals surface area contributed by atoms with Crippen molar-refractivity contribution in [3.63, 3.8) is 0 Å². The van der Waals surface area contributed by atoms with E-state index in [9.17, 15) is 18.0 Å². The summed E-state index contributed by atoms with van der Waals surface area (Å²) in [6, 6.07) is 31.8. The maximum atomic E-state index is 14.6. The van der Waals surface area contributed by atoms with Crippen LogP contribution in [0, 0.1) is 0 Å². The van der Waals surface area contributed by atoms with Gasteiger partial charge in [0.1, 0.15) is 12.6 Å². The van der Waals surface area contributed by atoms with E-state index in [2.05, 4.69) is 21.2 Å². The fourth-order valence-electron chi connectivity index (χ4n) is 5.90. The van der Waals surface area contributed by atoms with Crippen molar-refractivity contribution in [3.05, 3.63) is 130 Å². The topological polar surface area (TPSA) is 86.8 Å². The molecule has 1 fully saturated rings. The van der Waals surface area contributed by atoms with Gasteiger partial charge in [0.25, 0.3) is 10.0 Å². The largest absolute Gasteiger partial charge is 0.352 e. The Balaban J connectivity index is 1.56. The van der Waals surface area contributed by atoms with E-state index in [4.69, 9.17) is 0 Å². The molecule has 0 heterocycles. The molecule has 9 heteroatoms. The Morgan fingerprint density at radius 3 is 2.09 bits per heavy atom. The van der Waals surface area contributed by atoms with Crippen LogP contribution in [0.1, 0.15) is 49.3 Å². The third-order valence-corrected chi connectivity index (χ3v) is 10.7. The first-order valence-corrected chi connectivity index (χ1v) is 18.0. The van der Waals surface area contributed by atoms with Crippen molar-refractivity contribution in [2.75, 3.05) is 10.8 Å². The molecule has 1 aliphatic rings. The van der Waals surface area contributed by atoms with Gasteiger partial charge >= 0.3 is 0 Å². The molecule has 46 heavy (non-hydrogen) atoms. The van der Waals surface area contributed by atoms with Crippen molar-refractivity contribution in [2.45, 2.75) is 69.0 Å². The van der Waals surface area contributed by atoms with Gasteiger partial charge < -0.3 is 10.2 Å². The summed E-state index contributed by atoms with van der Waals surface area (Å²) in [6.45, 7) is 1.68. The molecule has 5 rings (SSSR count). The van der Waals surface area contributed by atoms with Crippen LogP contribution in [0.4, 0.5) is 5.69 Å². The quantitative estimate of drug-likeness (QED) is 0.164. The number of hydrogen-bond acceptors (Lipinski definition) is 4. The first-order valence-electron chi connectivity index (χ1n) is 15.8. The smallest absolute Gasteiger partial charge is 0.264 e.